The Morgan fingerprint density at radius 1 is 0.375 bits per heavy atom. The van der Waals surface area contributed by atoms with Crippen molar-refractivity contribution in [3.05, 3.63) is 140 Å². The van der Waals surface area contributed by atoms with E-state index >= 15 is 0 Å². The van der Waals surface area contributed by atoms with Crippen LogP contribution in [0.3, 0.4) is 0 Å². The average molecular weight is 867 g/mol. The predicted octanol–water partition coefficient (Wildman–Crippen LogP) is 15.4. The summed E-state index contributed by atoms with van der Waals surface area (Å²) in [6.45, 7) is 35.5. The van der Waals surface area contributed by atoms with Gasteiger partial charge in [-0.15, -0.1) is 0 Å². The van der Waals surface area contributed by atoms with Gasteiger partial charge in [-0.05, 0) is 121 Å². The smallest absolute Gasteiger partial charge is 0.128 e. The summed E-state index contributed by atoms with van der Waals surface area (Å²) in [7, 11) is 0. The van der Waals surface area contributed by atoms with Gasteiger partial charge in [0, 0.05) is 36.8 Å². The van der Waals surface area contributed by atoms with Gasteiger partial charge in [-0.3, -0.25) is 0 Å². The second-order valence-electron chi connectivity index (χ2n) is 22.3. The summed E-state index contributed by atoms with van der Waals surface area (Å²) >= 11 is 0. The maximum atomic E-state index is 12.6. The fourth-order valence-corrected chi connectivity index (χ4v) is 8.55. The average Bonchev–Trinajstić information content (AvgIpc) is 3.19. The summed E-state index contributed by atoms with van der Waals surface area (Å²) in [6, 6.07) is 26.5. The van der Waals surface area contributed by atoms with E-state index in [9.17, 15) is 5.11 Å². The van der Waals surface area contributed by atoms with Crippen molar-refractivity contribution in [2.75, 3.05) is 19.8 Å². The van der Waals surface area contributed by atoms with E-state index in [0.29, 0.717) is 51.3 Å². The van der Waals surface area contributed by atoms with Crippen LogP contribution in [0.5, 0.6) is 34.5 Å². The number of phenols is 1. The van der Waals surface area contributed by atoms with Gasteiger partial charge >= 0.3 is 0 Å². The first kappa shape index (κ1) is 48.6. The van der Waals surface area contributed by atoms with Gasteiger partial charge in [-0.1, -0.05) is 152 Å². The quantitative estimate of drug-likeness (QED) is 0.141. The zero-order valence-electron chi connectivity index (χ0n) is 42.1. The molecule has 5 nitrogen and oxygen atoms in total. The molecule has 8 bridgehead atoms. The van der Waals surface area contributed by atoms with Gasteiger partial charge in [0.1, 0.15) is 34.5 Å². The molecule has 0 amide bonds. The van der Waals surface area contributed by atoms with Crippen LogP contribution in [0.25, 0.3) is 0 Å². The highest BCUT2D eigenvalue weighted by molar-refractivity contribution is 5.60. The number of aromatic hydroxyl groups is 1. The number of ether oxygens (including phenoxy) is 4. The third-order valence-electron chi connectivity index (χ3n) is 12.4. The van der Waals surface area contributed by atoms with Crippen molar-refractivity contribution in [1.29, 1.82) is 0 Å². The van der Waals surface area contributed by atoms with Crippen molar-refractivity contribution in [2.45, 2.75) is 170 Å². The van der Waals surface area contributed by atoms with Crippen LogP contribution in [0, 0.1) is 0 Å². The van der Waals surface area contributed by atoms with Crippen LogP contribution in [-0.2, 0) is 47.3 Å². The molecule has 1 aliphatic rings. The van der Waals surface area contributed by atoms with E-state index in [1.54, 1.807) is 0 Å². The molecule has 0 aromatic heterocycles. The first-order valence-corrected chi connectivity index (χ1v) is 24.0. The Kier molecular flexibility index (Phi) is 14.6. The molecule has 1 aliphatic carbocycles. The molecular weight excluding hydrogens is 789 g/mol. The van der Waals surface area contributed by atoms with Gasteiger partial charge in [-0.2, -0.15) is 0 Å². The largest absolute Gasteiger partial charge is 0.507 e. The van der Waals surface area contributed by atoms with Crippen LogP contribution in [0.1, 0.15) is 190 Å². The summed E-state index contributed by atoms with van der Waals surface area (Å²) < 4.78 is 27.4. The SMILES string of the molecule is CCCOc1c2cc(C(C)(C)C)cc1Cc1cc(C(C)(C)C)cc(c1OCCC)Cc1cc(C(C)(C)C)cc(c1OCCC)Cc1cc(Oc3ccc(C(C)(C)C)cc3)cc(c1O)C2. The maximum Gasteiger partial charge on any atom is 0.128 e. The molecule has 5 aromatic rings. The lowest BCUT2D eigenvalue weighted by Crippen LogP contribution is -2.17. The molecule has 344 valence electrons. The van der Waals surface area contributed by atoms with E-state index in [0.717, 1.165) is 86.8 Å². The number of phenolic OH excluding ortho intramolecular Hbond substituents is 1. The molecule has 5 heteroatoms. The maximum absolute atomic E-state index is 12.6. The molecule has 0 saturated carbocycles. The van der Waals surface area contributed by atoms with Crippen molar-refractivity contribution < 1.29 is 24.1 Å². The molecule has 0 radical (unpaired) electrons. The summed E-state index contributed by atoms with van der Waals surface area (Å²) in [5.41, 5.74) is 12.8. The predicted molar refractivity (Wildman–Crippen MR) is 267 cm³/mol. The lowest BCUT2D eigenvalue weighted by atomic mass is 9.80. The third kappa shape index (κ3) is 11.5. The lowest BCUT2D eigenvalue weighted by molar-refractivity contribution is 0.306. The number of hydrogen-bond donors (Lipinski definition) is 1. The van der Waals surface area contributed by atoms with Crippen LogP contribution in [0.15, 0.2) is 72.8 Å². The Balaban J connectivity index is 1.72. The summed E-state index contributed by atoms with van der Waals surface area (Å²) in [5.74, 6) is 4.42. The molecule has 5 aromatic carbocycles. The Morgan fingerprint density at radius 3 is 0.922 bits per heavy atom. The van der Waals surface area contributed by atoms with Crippen molar-refractivity contribution in [3.8, 4) is 34.5 Å². The normalized spacial score (nSPS) is 13.4. The van der Waals surface area contributed by atoms with E-state index < -0.39 is 0 Å². The van der Waals surface area contributed by atoms with E-state index in [4.69, 9.17) is 18.9 Å². The first-order chi connectivity index (χ1) is 30.0. The second-order valence-corrected chi connectivity index (χ2v) is 22.3. The van der Waals surface area contributed by atoms with Gasteiger partial charge in [0.2, 0.25) is 0 Å². The highest BCUT2D eigenvalue weighted by Crippen LogP contribution is 2.44. The molecule has 64 heavy (non-hydrogen) atoms. The van der Waals surface area contributed by atoms with Gasteiger partial charge < -0.3 is 24.1 Å². The van der Waals surface area contributed by atoms with Gasteiger partial charge in [0.15, 0.2) is 0 Å². The minimum Gasteiger partial charge on any atom is -0.507 e. The Hall–Kier alpha value is -4.90. The molecule has 6 rings (SSSR count). The topological polar surface area (TPSA) is 57.2 Å². The monoisotopic (exact) mass is 867 g/mol. The number of fused-ring (bicyclic) bond motifs is 8. The number of rotatable bonds is 11. The molecule has 0 fully saturated rings. The minimum atomic E-state index is -0.145. The van der Waals surface area contributed by atoms with Crippen molar-refractivity contribution in [1.82, 2.24) is 0 Å². The Morgan fingerprint density at radius 2 is 0.656 bits per heavy atom. The summed E-state index contributed by atoms with van der Waals surface area (Å²) in [6.07, 6.45) is 4.81. The fraction of sp³-hybridized carbons (Fsp3) is 0.492. The summed E-state index contributed by atoms with van der Waals surface area (Å²) in [4.78, 5) is 0. The van der Waals surface area contributed by atoms with E-state index in [-0.39, 0.29) is 27.4 Å². The van der Waals surface area contributed by atoms with E-state index in [1.165, 1.54) is 22.3 Å². The molecule has 0 aliphatic heterocycles. The van der Waals surface area contributed by atoms with Gasteiger partial charge in [0.25, 0.3) is 0 Å². The van der Waals surface area contributed by atoms with Crippen molar-refractivity contribution in [3.63, 3.8) is 0 Å². The molecule has 0 spiro atoms. The van der Waals surface area contributed by atoms with Crippen LogP contribution < -0.4 is 18.9 Å². The second kappa shape index (κ2) is 19.3. The van der Waals surface area contributed by atoms with Crippen LogP contribution in [-0.4, -0.2) is 24.9 Å². The molecule has 0 unspecified atom stereocenters. The highest BCUT2D eigenvalue weighted by atomic mass is 16.5. The van der Waals surface area contributed by atoms with Gasteiger partial charge in [0.05, 0.1) is 19.8 Å². The fourth-order valence-electron chi connectivity index (χ4n) is 8.55. The molecule has 0 saturated heterocycles. The number of benzene rings is 5. The molecule has 0 heterocycles. The standard InChI is InChI=1S/C59H78O5/c1-16-23-61-53-40-26-38-36-51(64-50-21-19-46(20-22-50)56(4,5)6)37-39(52(38)60)27-41-31-48(58(10,11)12)33-43(54(41)62-24-17-2)29-45-35-49(59(13,14)15)34-44(55(45)63-25-18-3)28-42(53)32-47(30-40)57(7,8)9/h19-22,30-37,60H,16-18,23-29H2,1-15H3. The summed E-state index contributed by atoms with van der Waals surface area (Å²) in [5, 5.41) is 12.6. The lowest BCUT2D eigenvalue weighted by Gasteiger charge is -2.28. The first-order valence-electron chi connectivity index (χ1n) is 24.0. The minimum absolute atomic E-state index is 0.0227. The van der Waals surface area contributed by atoms with Crippen molar-refractivity contribution >= 4 is 0 Å². The van der Waals surface area contributed by atoms with Crippen LogP contribution in [0.2, 0.25) is 0 Å². The Labute approximate surface area is 386 Å². The van der Waals surface area contributed by atoms with Crippen LogP contribution >= 0.6 is 0 Å². The zero-order valence-corrected chi connectivity index (χ0v) is 42.1. The molecule has 0 atom stereocenters. The Bertz CT molecular complexity index is 2280. The third-order valence-corrected chi connectivity index (χ3v) is 12.4. The van der Waals surface area contributed by atoms with E-state index in [2.05, 4.69) is 165 Å². The van der Waals surface area contributed by atoms with E-state index in [1.807, 2.05) is 12.1 Å². The molecular formula is C59H78O5. The molecule has 1 N–H and O–H groups in total. The zero-order chi connectivity index (χ0) is 46.8. The number of hydrogen-bond acceptors (Lipinski definition) is 5. The highest BCUT2D eigenvalue weighted by Gasteiger charge is 2.28. The van der Waals surface area contributed by atoms with Gasteiger partial charge in [-0.25, -0.2) is 0 Å². The van der Waals surface area contributed by atoms with Crippen LogP contribution in [0.4, 0.5) is 0 Å². The van der Waals surface area contributed by atoms with Crippen molar-refractivity contribution in [2.24, 2.45) is 0 Å².